The Hall–Kier alpha value is -1.48. The van der Waals surface area contributed by atoms with Crippen LogP contribution in [0.2, 0.25) is 0 Å². The van der Waals surface area contributed by atoms with E-state index in [-0.39, 0.29) is 0 Å². The highest BCUT2D eigenvalue weighted by Gasteiger charge is 2.04. The molecule has 0 aromatic heterocycles. The van der Waals surface area contributed by atoms with E-state index in [1.165, 1.54) is 16.8 Å². The van der Waals surface area contributed by atoms with Crippen LogP contribution in [0, 0.1) is 6.92 Å². The van der Waals surface area contributed by atoms with Crippen molar-refractivity contribution >= 4 is 27.3 Å². The van der Waals surface area contributed by atoms with Crippen LogP contribution >= 0.6 is 15.9 Å². The summed E-state index contributed by atoms with van der Waals surface area (Å²) in [6.07, 6.45) is 0. The molecular weight excluding hydrogens is 300 g/mol. The number of hydrogen-bond donors (Lipinski definition) is 1. The first-order chi connectivity index (χ1) is 9.08. The molecule has 0 unspecified atom stereocenters. The van der Waals surface area contributed by atoms with Crippen molar-refractivity contribution in [1.82, 2.24) is 0 Å². The van der Waals surface area contributed by atoms with Crippen LogP contribution in [0.15, 0.2) is 46.9 Å². The fourth-order valence-corrected chi connectivity index (χ4v) is 2.63. The molecule has 19 heavy (non-hydrogen) atoms. The molecule has 100 valence electrons. The molecule has 0 spiro atoms. The van der Waals surface area contributed by atoms with Gasteiger partial charge in [0.05, 0.1) is 11.4 Å². The van der Waals surface area contributed by atoms with E-state index in [1.807, 2.05) is 0 Å². The molecule has 0 fully saturated rings. The molecule has 0 saturated heterocycles. The second kappa shape index (κ2) is 6.11. The predicted molar refractivity (Wildman–Crippen MR) is 87.0 cm³/mol. The van der Waals surface area contributed by atoms with Gasteiger partial charge < -0.3 is 10.2 Å². The lowest BCUT2D eigenvalue weighted by atomic mass is 10.1. The van der Waals surface area contributed by atoms with Gasteiger partial charge in [0, 0.05) is 25.1 Å². The summed E-state index contributed by atoms with van der Waals surface area (Å²) in [4.78, 5) is 2.12. The van der Waals surface area contributed by atoms with Crippen molar-refractivity contribution in [2.75, 3.05) is 24.3 Å². The molecule has 0 heterocycles. The maximum atomic E-state index is 3.62. The molecule has 2 aromatic rings. The Labute approximate surface area is 123 Å². The number of halogens is 1. The molecule has 1 N–H and O–H groups in total. The van der Waals surface area contributed by atoms with Gasteiger partial charge in [-0.3, -0.25) is 0 Å². The summed E-state index contributed by atoms with van der Waals surface area (Å²) >= 11 is 3.62. The fourth-order valence-electron chi connectivity index (χ4n) is 2.00. The van der Waals surface area contributed by atoms with E-state index in [4.69, 9.17) is 0 Å². The molecule has 0 atom stereocenters. The molecule has 3 heteroatoms. The van der Waals surface area contributed by atoms with Gasteiger partial charge in [-0.15, -0.1) is 0 Å². The van der Waals surface area contributed by atoms with E-state index in [2.05, 4.69) is 89.6 Å². The Balaban J connectivity index is 2.14. The minimum Gasteiger partial charge on any atom is -0.379 e. The smallest absolute Gasteiger partial charge is 0.0596 e. The van der Waals surface area contributed by atoms with Gasteiger partial charge in [-0.25, -0.2) is 0 Å². The van der Waals surface area contributed by atoms with E-state index >= 15 is 0 Å². The Morgan fingerprint density at radius 1 is 1.11 bits per heavy atom. The van der Waals surface area contributed by atoms with E-state index in [9.17, 15) is 0 Å². The van der Waals surface area contributed by atoms with Crippen molar-refractivity contribution in [3.05, 3.63) is 58.1 Å². The summed E-state index contributed by atoms with van der Waals surface area (Å²) in [6, 6.07) is 14.8. The molecule has 0 aliphatic carbocycles. The number of para-hydroxylation sites is 2. The van der Waals surface area contributed by atoms with E-state index in [1.54, 1.807) is 0 Å². The van der Waals surface area contributed by atoms with Gasteiger partial charge in [-0.1, -0.05) is 40.2 Å². The Bertz CT molecular complexity index is 564. The molecule has 2 aromatic carbocycles. The summed E-state index contributed by atoms with van der Waals surface area (Å²) in [5, 5.41) is 3.50. The zero-order valence-corrected chi connectivity index (χ0v) is 13.2. The number of nitrogens with one attached hydrogen (secondary N) is 1. The number of nitrogens with zero attached hydrogens (tertiary/aromatic N) is 1. The second-order valence-electron chi connectivity index (χ2n) is 4.86. The van der Waals surface area contributed by atoms with Crippen LogP contribution in [0.5, 0.6) is 0 Å². The lowest BCUT2D eigenvalue weighted by Crippen LogP contribution is -2.12. The summed E-state index contributed by atoms with van der Waals surface area (Å²) < 4.78 is 1.15. The molecular formula is C16H19BrN2. The summed E-state index contributed by atoms with van der Waals surface area (Å²) in [5.74, 6) is 0. The average Bonchev–Trinajstić information content (AvgIpc) is 2.38. The number of benzene rings is 2. The van der Waals surface area contributed by atoms with E-state index in [0.717, 1.165) is 16.7 Å². The third-order valence-corrected chi connectivity index (χ3v) is 3.80. The van der Waals surface area contributed by atoms with Crippen molar-refractivity contribution in [3.63, 3.8) is 0 Å². The molecule has 0 radical (unpaired) electrons. The van der Waals surface area contributed by atoms with Gasteiger partial charge in [0.2, 0.25) is 0 Å². The van der Waals surface area contributed by atoms with Gasteiger partial charge in [-0.2, -0.15) is 0 Å². The topological polar surface area (TPSA) is 15.3 Å². The Morgan fingerprint density at radius 3 is 2.53 bits per heavy atom. The number of anilines is 2. The van der Waals surface area contributed by atoms with Crippen LogP contribution in [0.1, 0.15) is 11.1 Å². The first-order valence-corrected chi connectivity index (χ1v) is 7.12. The standard InChI is InChI=1S/C16H19BrN2/c1-12-8-9-13(14(17)10-12)11-18-15-6-4-5-7-16(15)19(2)3/h4-10,18H,11H2,1-3H3. The lowest BCUT2D eigenvalue weighted by Gasteiger charge is -2.18. The van der Waals surface area contributed by atoms with Gasteiger partial charge >= 0.3 is 0 Å². The predicted octanol–water partition coefficient (Wildman–Crippen LogP) is 4.44. The first kappa shape index (κ1) is 13.9. The fraction of sp³-hybridized carbons (Fsp3) is 0.250. The van der Waals surface area contributed by atoms with Crippen LogP contribution in [0.4, 0.5) is 11.4 Å². The van der Waals surface area contributed by atoms with Crippen LogP contribution in [-0.2, 0) is 6.54 Å². The second-order valence-corrected chi connectivity index (χ2v) is 5.71. The molecule has 0 aliphatic heterocycles. The molecule has 0 aliphatic rings. The van der Waals surface area contributed by atoms with Crippen molar-refractivity contribution in [1.29, 1.82) is 0 Å². The monoisotopic (exact) mass is 318 g/mol. The van der Waals surface area contributed by atoms with Gasteiger partial charge in [0.25, 0.3) is 0 Å². The third kappa shape index (κ3) is 3.51. The molecule has 0 amide bonds. The zero-order valence-electron chi connectivity index (χ0n) is 11.6. The lowest BCUT2D eigenvalue weighted by molar-refractivity contribution is 1.09. The van der Waals surface area contributed by atoms with Crippen molar-refractivity contribution in [3.8, 4) is 0 Å². The quantitative estimate of drug-likeness (QED) is 0.896. The number of rotatable bonds is 4. The normalized spacial score (nSPS) is 10.3. The Morgan fingerprint density at radius 2 is 1.84 bits per heavy atom. The highest BCUT2D eigenvalue weighted by molar-refractivity contribution is 9.10. The molecule has 2 nitrogen and oxygen atoms in total. The van der Waals surface area contributed by atoms with Crippen molar-refractivity contribution in [2.24, 2.45) is 0 Å². The van der Waals surface area contributed by atoms with E-state index in [0.29, 0.717) is 0 Å². The summed E-state index contributed by atoms with van der Waals surface area (Å²) in [6.45, 7) is 2.91. The summed E-state index contributed by atoms with van der Waals surface area (Å²) in [7, 11) is 4.12. The maximum Gasteiger partial charge on any atom is 0.0596 e. The molecule has 0 saturated carbocycles. The van der Waals surface area contributed by atoms with E-state index < -0.39 is 0 Å². The molecule has 2 rings (SSSR count). The van der Waals surface area contributed by atoms with Crippen molar-refractivity contribution in [2.45, 2.75) is 13.5 Å². The minimum atomic E-state index is 0.811. The largest absolute Gasteiger partial charge is 0.379 e. The van der Waals surface area contributed by atoms with Crippen LogP contribution in [0.3, 0.4) is 0 Å². The number of hydrogen-bond acceptors (Lipinski definition) is 2. The SMILES string of the molecule is Cc1ccc(CNc2ccccc2N(C)C)c(Br)c1. The summed E-state index contributed by atoms with van der Waals surface area (Å²) in [5.41, 5.74) is 4.88. The highest BCUT2D eigenvalue weighted by Crippen LogP contribution is 2.25. The zero-order chi connectivity index (χ0) is 13.8. The average molecular weight is 319 g/mol. The molecule has 0 bridgehead atoms. The third-order valence-electron chi connectivity index (χ3n) is 3.06. The Kier molecular flexibility index (Phi) is 4.48. The number of aryl methyl sites for hydroxylation is 1. The van der Waals surface area contributed by atoms with Gasteiger partial charge in [0.1, 0.15) is 0 Å². The van der Waals surface area contributed by atoms with Crippen molar-refractivity contribution < 1.29 is 0 Å². The minimum absolute atomic E-state index is 0.811. The maximum absolute atomic E-state index is 3.62. The van der Waals surface area contributed by atoms with Crippen LogP contribution in [-0.4, -0.2) is 14.1 Å². The van der Waals surface area contributed by atoms with Gasteiger partial charge in [0.15, 0.2) is 0 Å². The first-order valence-electron chi connectivity index (χ1n) is 6.33. The van der Waals surface area contributed by atoms with Gasteiger partial charge in [-0.05, 0) is 36.2 Å². The van der Waals surface area contributed by atoms with Crippen LogP contribution < -0.4 is 10.2 Å². The van der Waals surface area contributed by atoms with Crippen LogP contribution in [0.25, 0.3) is 0 Å². The highest BCUT2D eigenvalue weighted by atomic mass is 79.9.